The van der Waals surface area contributed by atoms with Gasteiger partial charge in [0.1, 0.15) is 0 Å². The number of halogens is 2. The van der Waals surface area contributed by atoms with E-state index in [0.717, 1.165) is 21.8 Å². The molecule has 0 atom stereocenters. The number of nitrogens with one attached hydrogen (secondary N) is 2. The number of rotatable bonds is 3. The van der Waals surface area contributed by atoms with Gasteiger partial charge < -0.3 is 10.6 Å². The predicted molar refractivity (Wildman–Crippen MR) is 90.7 cm³/mol. The van der Waals surface area contributed by atoms with Crippen molar-refractivity contribution in [2.24, 2.45) is 0 Å². The summed E-state index contributed by atoms with van der Waals surface area (Å²) in [7, 11) is 0. The minimum atomic E-state index is 0.532. The lowest BCUT2D eigenvalue weighted by atomic mass is 10.2. The molecule has 0 aromatic heterocycles. The van der Waals surface area contributed by atoms with E-state index in [4.69, 9.17) is 35.4 Å². The topological polar surface area (TPSA) is 24.1 Å². The molecule has 0 spiro atoms. The number of aryl methyl sites for hydroxylation is 1. The van der Waals surface area contributed by atoms with E-state index >= 15 is 0 Å². The van der Waals surface area contributed by atoms with Crippen LogP contribution in [-0.4, -0.2) is 5.11 Å². The molecule has 104 valence electrons. The van der Waals surface area contributed by atoms with Crippen molar-refractivity contribution in [2.45, 2.75) is 13.5 Å². The van der Waals surface area contributed by atoms with E-state index in [0.29, 0.717) is 16.7 Å². The monoisotopic (exact) mass is 324 g/mol. The summed E-state index contributed by atoms with van der Waals surface area (Å²) in [4.78, 5) is 0. The average Bonchev–Trinajstić information content (AvgIpc) is 2.42. The van der Waals surface area contributed by atoms with Gasteiger partial charge in [0, 0.05) is 22.3 Å². The van der Waals surface area contributed by atoms with Crippen molar-refractivity contribution in [3.8, 4) is 0 Å². The highest BCUT2D eigenvalue weighted by Crippen LogP contribution is 2.20. The largest absolute Gasteiger partial charge is 0.358 e. The van der Waals surface area contributed by atoms with Crippen LogP contribution in [0.1, 0.15) is 11.1 Å². The van der Waals surface area contributed by atoms with Crippen LogP contribution in [-0.2, 0) is 6.54 Å². The highest BCUT2D eigenvalue weighted by molar-refractivity contribution is 7.80. The van der Waals surface area contributed by atoms with Gasteiger partial charge >= 0.3 is 0 Å². The van der Waals surface area contributed by atoms with E-state index in [2.05, 4.69) is 10.6 Å². The molecule has 0 amide bonds. The quantitative estimate of drug-likeness (QED) is 0.794. The maximum absolute atomic E-state index is 6.08. The Kier molecular flexibility index (Phi) is 5.24. The van der Waals surface area contributed by atoms with Gasteiger partial charge in [-0.3, -0.25) is 0 Å². The molecule has 0 radical (unpaired) electrons. The Bertz CT molecular complexity index is 629. The summed E-state index contributed by atoms with van der Waals surface area (Å²) in [5.41, 5.74) is 2.89. The lowest BCUT2D eigenvalue weighted by Crippen LogP contribution is -2.27. The van der Waals surface area contributed by atoms with Crippen molar-refractivity contribution < 1.29 is 0 Å². The van der Waals surface area contributed by atoms with Crippen molar-refractivity contribution in [3.63, 3.8) is 0 Å². The van der Waals surface area contributed by atoms with Gasteiger partial charge in [0.05, 0.1) is 0 Å². The number of thiocarbonyl (C=S) groups is 1. The third-order valence-electron chi connectivity index (χ3n) is 2.83. The molecular weight excluding hydrogens is 311 g/mol. The molecule has 2 aromatic rings. The van der Waals surface area contributed by atoms with E-state index in [1.807, 2.05) is 49.4 Å². The fraction of sp³-hybridized carbons (Fsp3) is 0.133. The van der Waals surface area contributed by atoms with Gasteiger partial charge in [-0.2, -0.15) is 0 Å². The molecule has 0 aliphatic heterocycles. The molecule has 0 heterocycles. The molecule has 5 heteroatoms. The summed E-state index contributed by atoms with van der Waals surface area (Å²) in [6.07, 6.45) is 0. The van der Waals surface area contributed by atoms with Crippen molar-refractivity contribution in [2.75, 3.05) is 5.32 Å². The van der Waals surface area contributed by atoms with Crippen molar-refractivity contribution >= 4 is 46.2 Å². The Morgan fingerprint density at radius 3 is 2.55 bits per heavy atom. The number of hydrogen-bond donors (Lipinski definition) is 2. The van der Waals surface area contributed by atoms with Crippen LogP contribution in [0.5, 0.6) is 0 Å². The van der Waals surface area contributed by atoms with Gasteiger partial charge in [-0.25, -0.2) is 0 Å². The van der Waals surface area contributed by atoms with Crippen LogP contribution in [0.25, 0.3) is 0 Å². The average molecular weight is 325 g/mol. The molecule has 0 bridgehead atoms. The van der Waals surface area contributed by atoms with Crippen molar-refractivity contribution in [1.29, 1.82) is 0 Å². The fourth-order valence-electron chi connectivity index (χ4n) is 1.66. The second kappa shape index (κ2) is 6.93. The first-order valence-corrected chi connectivity index (χ1v) is 7.27. The van der Waals surface area contributed by atoms with Crippen LogP contribution in [0.2, 0.25) is 10.0 Å². The predicted octanol–water partition coefficient (Wildman–Crippen LogP) is 4.79. The van der Waals surface area contributed by atoms with E-state index in [1.165, 1.54) is 0 Å². The number of hydrogen-bond acceptors (Lipinski definition) is 1. The van der Waals surface area contributed by atoms with Crippen LogP contribution in [0.4, 0.5) is 5.69 Å². The first-order chi connectivity index (χ1) is 9.56. The smallest absolute Gasteiger partial charge is 0.171 e. The molecule has 0 saturated carbocycles. The SMILES string of the molecule is Cc1ccc(NC(=S)NCc2ccccc2Cl)cc1Cl. The summed E-state index contributed by atoms with van der Waals surface area (Å²) in [6.45, 7) is 2.53. The van der Waals surface area contributed by atoms with E-state index in [9.17, 15) is 0 Å². The van der Waals surface area contributed by atoms with Crippen LogP contribution in [0.3, 0.4) is 0 Å². The maximum atomic E-state index is 6.08. The molecule has 0 aliphatic rings. The van der Waals surface area contributed by atoms with Gasteiger partial charge in [-0.1, -0.05) is 47.5 Å². The van der Waals surface area contributed by atoms with Crippen LogP contribution < -0.4 is 10.6 Å². The Balaban J connectivity index is 1.93. The fourth-order valence-corrected chi connectivity index (χ4v) is 2.24. The number of anilines is 1. The van der Waals surface area contributed by atoms with Gasteiger partial charge in [-0.15, -0.1) is 0 Å². The zero-order valence-corrected chi connectivity index (χ0v) is 13.2. The van der Waals surface area contributed by atoms with Crippen LogP contribution in [0, 0.1) is 6.92 Å². The summed E-state index contributed by atoms with van der Waals surface area (Å²) >= 11 is 17.4. The molecule has 2 aromatic carbocycles. The first kappa shape index (κ1) is 15.1. The zero-order chi connectivity index (χ0) is 14.5. The van der Waals surface area contributed by atoms with E-state index in [-0.39, 0.29) is 0 Å². The third kappa shape index (κ3) is 4.10. The lowest BCUT2D eigenvalue weighted by Gasteiger charge is -2.12. The Labute approximate surface area is 134 Å². The molecule has 0 saturated heterocycles. The highest BCUT2D eigenvalue weighted by Gasteiger charge is 2.02. The van der Waals surface area contributed by atoms with Gasteiger partial charge in [-0.05, 0) is 48.5 Å². The zero-order valence-electron chi connectivity index (χ0n) is 10.9. The summed E-state index contributed by atoms with van der Waals surface area (Å²) in [6, 6.07) is 13.4. The molecule has 2 nitrogen and oxygen atoms in total. The summed E-state index contributed by atoms with van der Waals surface area (Å²) < 4.78 is 0. The minimum Gasteiger partial charge on any atom is -0.358 e. The van der Waals surface area contributed by atoms with E-state index < -0.39 is 0 Å². The molecule has 0 fully saturated rings. The molecular formula is C15H14Cl2N2S. The highest BCUT2D eigenvalue weighted by atomic mass is 35.5. The lowest BCUT2D eigenvalue weighted by molar-refractivity contribution is 0.926. The number of benzene rings is 2. The van der Waals surface area contributed by atoms with Gasteiger partial charge in [0.25, 0.3) is 0 Å². The van der Waals surface area contributed by atoms with Crippen LogP contribution >= 0.6 is 35.4 Å². The standard InChI is InChI=1S/C15H14Cl2N2S/c1-10-6-7-12(8-14(10)17)19-15(20)18-9-11-4-2-3-5-13(11)16/h2-8H,9H2,1H3,(H2,18,19,20). The normalized spacial score (nSPS) is 10.2. The maximum Gasteiger partial charge on any atom is 0.171 e. The second-order valence-electron chi connectivity index (χ2n) is 4.36. The van der Waals surface area contributed by atoms with Crippen LogP contribution in [0.15, 0.2) is 42.5 Å². The third-order valence-corrected chi connectivity index (χ3v) is 3.85. The first-order valence-electron chi connectivity index (χ1n) is 6.10. The second-order valence-corrected chi connectivity index (χ2v) is 5.59. The Morgan fingerprint density at radius 1 is 1.10 bits per heavy atom. The minimum absolute atomic E-state index is 0.532. The van der Waals surface area contributed by atoms with E-state index in [1.54, 1.807) is 0 Å². The molecule has 2 N–H and O–H groups in total. The summed E-state index contributed by atoms with van der Waals surface area (Å²) in [5, 5.41) is 8.18. The van der Waals surface area contributed by atoms with Gasteiger partial charge in [0.15, 0.2) is 5.11 Å². The summed E-state index contributed by atoms with van der Waals surface area (Å²) in [5.74, 6) is 0. The molecule has 0 aliphatic carbocycles. The van der Waals surface area contributed by atoms with Gasteiger partial charge in [0.2, 0.25) is 0 Å². The van der Waals surface area contributed by atoms with Crippen molar-refractivity contribution in [3.05, 3.63) is 63.6 Å². The van der Waals surface area contributed by atoms with Crippen molar-refractivity contribution in [1.82, 2.24) is 5.32 Å². The molecule has 2 rings (SSSR count). The Hall–Kier alpha value is -1.29. The Morgan fingerprint density at radius 2 is 1.85 bits per heavy atom. The molecule has 20 heavy (non-hydrogen) atoms. The molecule has 0 unspecified atom stereocenters.